The summed E-state index contributed by atoms with van der Waals surface area (Å²) in [6.07, 6.45) is -1.05. The number of aliphatic hydroxyl groups is 1. The highest BCUT2D eigenvalue weighted by atomic mass is 19.1. The molecule has 0 amide bonds. The minimum absolute atomic E-state index is 0. The minimum atomic E-state index is -1.05. The van der Waals surface area contributed by atoms with Crippen LogP contribution in [0.15, 0.2) is 12.1 Å². The van der Waals surface area contributed by atoms with E-state index in [1.807, 2.05) is 0 Å². The number of halogens is 1. The maximum atomic E-state index is 13.1. The van der Waals surface area contributed by atoms with Crippen LogP contribution in [0.5, 0.6) is 11.5 Å². The van der Waals surface area contributed by atoms with Crippen molar-refractivity contribution in [2.75, 3.05) is 13.6 Å². The Balaban J connectivity index is 0.00000196. The van der Waals surface area contributed by atoms with E-state index in [1.165, 1.54) is 0 Å². The first-order chi connectivity index (χ1) is 6.56. The van der Waals surface area contributed by atoms with Crippen LogP contribution in [0.25, 0.3) is 0 Å². The number of phenolic OH excluding ortho intramolecular Hbond substituents is 2. The zero-order valence-corrected chi connectivity index (χ0v) is 7.66. The molecule has 0 radical (unpaired) electrons. The van der Waals surface area contributed by atoms with Crippen LogP contribution < -0.4 is 5.32 Å². The molecule has 0 saturated carbocycles. The van der Waals surface area contributed by atoms with Gasteiger partial charge < -0.3 is 20.6 Å². The molecule has 1 atom stereocenters. The molecule has 1 aromatic rings. The number of nitrogens with one attached hydrogen (secondary N) is 1. The Hall–Kier alpha value is -1.33. The van der Waals surface area contributed by atoms with Crippen molar-refractivity contribution in [2.24, 2.45) is 0 Å². The van der Waals surface area contributed by atoms with Crippen molar-refractivity contribution >= 4 is 0 Å². The van der Waals surface area contributed by atoms with Crippen LogP contribution in [-0.4, -0.2) is 28.9 Å². The van der Waals surface area contributed by atoms with Gasteiger partial charge in [-0.25, -0.2) is 4.39 Å². The van der Waals surface area contributed by atoms with Crippen LogP contribution in [0.4, 0.5) is 4.39 Å². The van der Waals surface area contributed by atoms with Crippen molar-refractivity contribution in [3.8, 4) is 11.5 Å². The molecule has 0 heterocycles. The summed E-state index contributed by atoms with van der Waals surface area (Å²) in [5, 5.41) is 30.1. The van der Waals surface area contributed by atoms with E-state index in [1.54, 1.807) is 7.05 Å². The van der Waals surface area contributed by atoms with Gasteiger partial charge in [-0.05, 0) is 13.1 Å². The molecule has 0 saturated heterocycles. The highest BCUT2D eigenvalue weighted by Crippen LogP contribution is 2.30. The van der Waals surface area contributed by atoms with Gasteiger partial charge in [0.05, 0.1) is 6.10 Å². The Labute approximate surface area is 88.0 Å². The third-order valence-electron chi connectivity index (χ3n) is 1.85. The normalized spacial score (nSPS) is 11.9. The summed E-state index contributed by atoms with van der Waals surface area (Å²) in [4.78, 5) is 0. The smallest absolute Gasteiger partial charge is 0.160 e. The molecule has 0 aliphatic rings. The van der Waals surface area contributed by atoms with Crippen LogP contribution in [0.2, 0.25) is 0 Å². The summed E-state index contributed by atoms with van der Waals surface area (Å²) in [7, 11) is 1.61. The quantitative estimate of drug-likeness (QED) is 0.573. The number of phenols is 2. The predicted molar refractivity (Wildman–Crippen MR) is 55.3 cm³/mol. The maximum absolute atomic E-state index is 13.1. The van der Waals surface area contributed by atoms with Crippen molar-refractivity contribution in [3.63, 3.8) is 0 Å². The number of rotatable bonds is 3. The lowest BCUT2D eigenvalue weighted by molar-refractivity contribution is 0.172. The second-order valence-electron chi connectivity index (χ2n) is 2.94. The first-order valence-corrected chi connectivity index (χ1v) is 4.10. The molecule has 1 rings (SSSR count). The fourth-order valence-corrected chi connectivity index (χ4v) is 1.13. The Morgan fingerprint density at radius 2 is 1.87 bits per heavy atom. The molecular formula is C10H16FNO3. The first-order valence-electron chi connectivity index (χ1n) is 4.10. The summed E-state index contributed by atoms with van der Waals surface area (Å²) in [6, 6.07) is 1.77. The number of benzene rings is 1. The zero-order chi connectivity index (χ0) is 10.7. The van der Waals surface area contributed by atoms with Gasteiger partial charge in [-0.3, -0.25) is 0 Å². The van der Waals surface area contributed by atoms with E-state index in [0.29, 0.717) is 0 Å². The Kier molecular flexibility index (Phi) is 5.04. The molecule has 0 aliphatic heterocycles. The van der Waals surface area contributed by atoms with E-state index in [0.717, 1.165) is 12.1 Å². The van der Waals surface area contributed by atoms with E-state index in [9.17, 15) is 9.50 Å². The summed E-state index contributed by atoms with van der Waals surface area (Å²) in [5.74, 6) is -1.73. The maximum Gasteiger partial charge on any atom is 0.160 e. The molecule has 1 aromatic carbocycles. The van der Waals surface area contributed by atoms with E-state index in [4.69, 9.17) is 10.2 Å². The molecule has 0 aliphatic carbocycles. The monoisotopic (exact) mass is 217 g/mol. The Morgan fingerprint density at radius 3 is 2.40 bits per heavy atom. The Bertz CT molecular complexity index is 331. The van der Waals surface area contributed by atoms with Crippen molar-refractivity contribution < 1.29 is 19.7 Å². The molecule has 0 aromatic heterocycles. The van der Waals surface area contributed by atoms with Gasteiger partial charge in [0, 0.05) is 18.2 Å². The number of aliphatic hydroxyl groups excluding tert-OH is 1. The summed E-state index contributed by atoms with van der Waals surface area (Å²) >= 11 is 0. The molecule has 0 bridgehead atoms. The van der Waals surface area contributed by atoms with E-state index >= 15 is 0 Å². The SMILES string of the molecule is C.CNC[C@H](O)c1cc(O)c(O)cc1F. The number of hydrogen-bond acceptors (Lipinski definition) is 4. The summed E-state index contributed by atoms with van der Waals surface area (Å²) in [6.45, 7) is 0.168. The molecule has 86 valence electrons. The highest BCUT2D eigenvalue weighted by Gasteiger charge is 2.15. The van der Waals surface area contributed by atoms with E-state index in [2.05, 4.69) is 5.32 Å². The van der Waals surface area contributed by atoms with Crippen LogP contribution >= 0.6 is 0 Å². The highest BCUT2D eigenvalue weighted by molar-refractivity contribution is 5.42. The van der Waals surface area contributed by atoms with Crippen molar-refractivity contribution in [1.29, 1.82) is 0 Å². The fraction of sp³-hybridized carbons (Fsp3) is 0.400. The van der Waals surface area contributed by atoms with Gasteiger partial charge in [-0.1, -0.05) is 7.43 Å². The molecule has 15 heavy (non-hydrogen) atoms. The van der Waals surface area contributed by atoms with E-state index < -0.39 is 23.4 Å². The van der Waals surface area contributed by atoms with Crippen LogP contribution in [0, 0.1) is 5.82 Å². The van der Waals surface area contributed by atoms with Gasteiger partial charge >= 0.3 is 0 Å². The van der Waals surface area contributed by atoms with E-state index in [-0.39, 0.29) is 19.5 Å². The second-order valence-corrected chi connectivity index (χ2v) is 2.94. The number of hydrogen-bond donors (Lipinski definition) is 4. The average Bonchev–Trinajstić information content (AvgIpc) is 2.11. The molecule has 5 heteroatoms. The van der Waals surface area contributed by atoms with Crippen LogP contribution in [-0.2, 0) is 0 Å². The van der Waals surface area contributed by atoms with Gasteiger partial charge in [-0.15, -0.1) is 0 Å². The third kappa shape index (κ3) is 3.07. The lowest BCUT2D eigenvalue weighted by Gasteiger charge is -2.12. The first kappa shape index (κ1) is 13.7. The predicted octanol–water partition coefficient (Wildman–Crippen LogP) is 1.13. The molecule has 4 N–H and O–H groups in total. The lowest BCUT2D eigenvalue weighted by Crippen LogP contribution is -2.17. The number of likely N-dealkylation sites (N-methyl/N-ethyl adjacent to an activating group) is 1. The minimum Gasteiger partial charge on any atom is -0.504 e. The molecule has 4 nitrogen and oxygen atoms in total. The molecular weight excluding hydrogens is 201 g/mol. The molecule has 0 spiro atoms. The Morgan fingerprint density at radius 1 is 1.33 bits per heavy atom. The van der Waals surface area contributed by atoms with Gasteiger partial charge in [0.1, 0.15) is 5.82 Å². The third-order valence-corrected chi connectivity index (χ3v) is 1.85. The molecule has 0 unspecified atom stereocenters. The topological polar surface area (TPSA) is 72.7 Å². The largest absolute Gasteiger partial charge is 0.504 e. The average molecular weight is 217 g/mol. The standard InChI is InChI=1S/C9H12FNO3.CH4/c1-11-4-9(14)5-2-7(12)8(13)3-6(5)10;/h2-3,9,11-14H,4H2,1H3;1H4/t9-;/m0./s1. The fourth-order valence-electron chi connectivity index (χ4n) is 1.13. The van der Waals surface area contributed by atoms with Crippen LogP contribution in [0.3, 0.4) is 0 Å². The zero-order valence-electron chi connectivity index (χ0n) is 7.66. The second kappa shape index (κ2) is 5.53. The van der Waals surface area contributed by atoms with Crippen molar-refractivity contribution in [1.82, 2.24) is 5.32 Å². The van der Waals surface area contributed by atoms with Crippen LogP contribution in [0.1, 0.15) is 19.1 Å². The number of aromatic hydroxyl groups is 2. The van der Waals surface area contributed by atoms with Crippen molar-refractivity contribution in [3.05, 3.63) is 23.5 Å². The summed E-state index contributed by atoms with van der Waals surface area (Å²) < 4.78 is 13.1. The lowest BCUT2D eigenvalue weighted by atomic mass is 10.1. The van der Waals surface area contributed by atoms with Gasteiger partial charge in [0.15, 0.2) is 11.5 Å². The summed E-state index contributed by atoms with van der Waals surface area (Å²) in [5.41, 5.74) is -0.0466. The van der Waals surface area contributed by atoms with Gasteiger partial charge in [0.2, 0.25) is 0 Å². The van der Waals surface area contributed by atoms with Gasteiger partial charge in [0.25, 0.3) is 0 Å². The van der Waals surface area contributed by atoms with Crippen molar-refractivity contribution in [2.45, 2.75) is 13.5 Å². The molecule has 0 fully saturated rings. The van der Waals surface area contributed by atoms with Gasteiger partial charge in [-0.2, -0.15) is 0 Å².